The number of rotatable bonds is 4. The molecule has 7 heteroatoms. The number of fused-ring (bicyclic) bond motifs is 2. The normalized spacial score (nSPS) is 19.0. The zero-order chi connectivity index (χ0) is 20.0. The fourth-order valence-electron chi connectivity index (χ4n) is 3.80. The number of nitrogens with one attached hydrogen (secondary N) is 1. The van der Waals surface area contributed by atoms with E-state index in [1.165, 1.54) is 0 Å². The molecule has 2 aliphatic heterocycles. The average molecular weight is 392 g/mol. The van der Waals surface area contributed by atoms with Gasteiger partial charge in [-0.2, -0.15) is 0 Å². The third-order valence-electron chi connectivity index (χ3n) is 5.39. The van der Waals surface area contributed by atoms with Crippen LogP contribution < -0.4 is 19.7 Å². The van der Waals surface area contributed by atoms with Gasteiger partial charge in [-0.3, -0.25) is 9.59 Å². The highest BCUT2D eigenvalue weighted by molar-refractivity contribution is 6.00. The summed E-state index contributed by atoms with van der Waals surface area (Å²) in [7, 11) is 0. The highest BCUT2D eigenvalue weighted by atomic mass is 16.7. The lowest BCUT2D eigenvalue weighted by molar-refractivity contribution is -0.127. The molecule has 0 spiro atoms. The van der Waals surface area contributed by atoms with Crippen LogP contribution in [0.25, 0.3) is 11.0 Å². The minimum atomic E-state index is -0.417. The van der Waals surface area contributed by atoms with Crippen LogP contribution in [0.1, 0.15) is 25.1 Å². The van der Waals surface area contributed by atoms with Crippen molar-refractivity contribution in [1.29, 1.82) is 0 Å². The van der Waals surface area contributed by atoms with Crippen molar-refractivity contribution in [1.82, 2.24) is 5.32 Å². The van der Waals surface area contributed by atoms with Crippen molar-refractivity contribution in [3.63, 3.8) is 0 Å². The first-order chi connectivity index (χ1) is 14.1. The van der Waals surface area contributed by atoms with Crippen LogP contribution in [-0.2, 0) is 9.59 Å². The molecule has 3 heterocycles. The summed E-state index contributed by atoms with van der Waals surface area (Å²) in [6.07, 6.45) is 0.174. The van der Waals surface area contributed by atoms with Crippen molar-refractivity contribution < 1.29 is 23.5 Å². The van der Waals surface area contributed by atoms with Gasteiger partial charge < -0.3 is 24.1 Å². The molecule has 5 rings (SSSR count). The van der Waals surface area contributed by atoms with Crippen molar-refractivity contribution in [2.45, 2.75) is 19.4 Å². The van der Waals surface area contributed by atoms with E-state index in [-0.39, 0.29) is 31.1 Å². The number of furan rings is 1. The zero-order valence-electron chi connectivity index (χ0n) is 15.9. The Morgan fingerprint density at radius 3 is 2.83 bits per heavy atom. The number of nitrogens with zero attached hydrogens (tertiary/aromatic N) is 1. The largest absolute Gasteiger partial charge is 0.459 e. The van der Waals surface area contributed by atoms with E-state index in [0.29, 0.717) is 29.5 Å². The van der Waals surface area contributed by atoms with Gasteiger partial charge in [0.2, 0.25) is 18.6 Å². The molecule has 1 N–H and O–H groups in total. The van der Waals surface area contributed by atoms with Crippen molar-refractivity contribution in [3.8, 4) is 11.5 Å². The number of hydrogen-bond donors (Lipinski definition) is 1. The minimum absolute atomic E-state index is 0.0830. The molecule has 0 saturated carbocycles. The van der Waals surface area contributed by atoms with E-state index in [4.69, 9.17) is 13.9 Å². The van der Waals surface area contributed by atoms with E-state index in [2.05, 4.69) is 5.32 Å². The first kappa shape index (κ1) is 17.6. The van der Waals surface area contributed by atoms with Crippen LogP contribution in [0.15, 0.2) is 52.9 Å². The molecular weight excluding hydrogens is 372 g/mol. The molecule has 1 saturated heterocycles. The van der Waals surface area contributed by atoms with Crippen LogP contribution in [0.2, 0.25) is 0 Å². The van der Waals surface area contributed by atoms with Crippen LogP contribution in [0.4, 0.5) is 5.69 Å². The maximum atomic E-state index is 12.8. The van der Waals surface area contributed by atoms with Crippen LogP contribution in [-0.4, -0.2) is 25.2 Å². The molecule has 0 aliphatic carbocycles. The second-order valence-electron chi connectivity index (χ2n) is 7.36. The summed E-state index contributed by atoms with van der Waals surface area (Å²) in [5, 5.41) is 3.97. The molecule has 2 aliphatic rings. The Morgan fingerprint density at radius 2 is 1.97 bits per heavy atom. The number of para-hydroxylation sites is 1. The smallest absolute Gasteiger partial charge is 0.231 e. The molecule has 0 radical (unpaired) electrons. The molecule has 1 aromatic heterocycles. The standard InChI is InChI=1S/C22H20N2O5/c1-13(19-8-14-4-2-3-5-17(14)29-19)23-22(26)15-9-21(25)24(11-15)16-6-7-18-20(10-16)28-12-27-18/h2-8,10,13,15H,9,11-12H2,1H3,(H,23,26)/t13-,15-/m0/s1. The lowest BCUT2D eigenvalue weighted by atomic mass is 10.1. The predicted octanol–water partition coefficient (Wildman–Crippen LogP) is 3.39. The summed E-state index contributed by atoms with van der Waals surface area (Å²) in [5.74, 6) is 1.31. The van der Waals surface area contributed by atoms with E-state index in [1.807, 2.05) is 43.3 Å². The first-order valence-electron chi connectivity index (χ1n) is 9.57. The van der Waals surface area contributed by atoms with Gasteiger partial charge in [-0.15, -0.1) is 0 Å². The van der Waals surface area contributed by atoms with Gasteiger partial charge in [-0.25, -0.2) is 0 Å². The SMILES string of the molecule is C[C@H](NC(=O)[C@H]1CC(=O)N(c2ccc3c(c2)OCO3)C1)c1cc2ccccc2o1. The fourth-order valence-corrected chi connectivity index (χ4v) is 3.80. The Kier molecular flexibility index (Phi) is 4.16. The zero-order valence-corrected chi connectivity index (χ0v) is 15.9. The number of anilines is 1. The molecule has 0 unspecified atom stereocenters. The summed E-state index contributed by atoms with van der Waals surface area (Å²) >= 11 is 0. The summed E-state index contributed by atoms with van der Waals surface area (Å²) in [6, 6.07) is 14.7. The van der Waals surface area contributed by atoms with Gasteiger partial charge in [0.05, 0.1) is 12.0 Å². The number of carbonyl (C=O) groups excluding carboxylic acids is 2. The molecule has 29 heavy (non-hydrogen) atoms. The van der Waals surface area contributed by atoms with Crippen molar-refractivity contribution in [2.24, 2.45) is 5.92 Å². The second-order valence-corrected chi connectivity index (χ2v) is 7.36. The highest BCUT2D eigenvalue weighted by Gasteiger charge is 2.36. The number of benzene rings is 2. The van der Waals surface area contributed by atoms with Crippen molar-refractivity contribution in [3.05, 3.63) is 54.3 Å². The number of ether oxygens (including phenoxy) is 2. The Labute approximate surface area is 167 Å². The number of carbonyl (C=O) groups is 2. The Bertz CT molecular complexity index is 1070. The summed E-state index contributed by atoms with van der Waals surface area (Å²) in [4.78, 5) is 26.9. The second kappa shape index (κ2) is 6.84. The molecular formula is C22H20N2O5. The van der Waals surface area contributed by atoms with Crippen LogP contribution in [0.3, 0.4) is 0 Å². The van der Waals surface area contributed by atoms with E-state index in [0.717, 1.165) is 11.0 Å². The fraction of sp³-hybridized carbons (Fsp3) is 0.273. The van der Waals surface area contributed by atoms with Gasteiger partial charge in [0.15, 0.2) is 11.5 Å². The molecule has 7 nitrogen and oxygen atoms in total. The molecule has 1 fully saturated rings. The molecule has 2 atom stereocenters. The third kappa shape index (κ3) is 3.18. The van der Waals surface area contributed by atoms with E-state index in [9.17, 15) is 9.59 Å². The van der Waals surface area contributed by atoms with Gasteiger partial charge in [-0.05, 0) is 31.2 Å². The maximum Gasteiger partial charge on any atom is 0.231 e. The molecule has 3 aromatic rings. The average Bonchev–Trinajstić information content (AvgIpc) is 3.44. The predicted molar refractivity (Wildman–Crippen MR) is 106 cm³/mol. The Hall–Kier alpha value is -3.48. The number of amides is 2. The van der Waals surface area contributed by atoms with Crippen LogP contribution in [0, 0.1) is 5.92 Å². The monoisotopic (exact) mass is 392 g/mol. The third-order valence-corrected chi connectivity index (χ3v) is 5.39. The maximum absolute atomic E-state index is 12.8. The molecule has 0 bridgehead atoms. The van der Waals surface area contributed by atoms with Gasteiger partial charge in [0, 0.05) is 30.1 Å². The highest BCUT2D eigenvalue weighted by Crippen LogP contribution is 2.37. The molecule has 148 valence electrons. The van der Waals surface area contributed by atoms with Crippen molar-refractivity contribution in [2.75, 3.05) is 18.2 Å². The lowest BCUT2D eigenvalue weighted by Crippen LogP contribution is -2.34. The Morgan fingerprint density at radius 1 is 1.14 bits per heavy atom. The van der Waals surface area contributed by atoms with Gasteiger partial charge in [0.1, 0.15) is 11.3 Å². The summed E-state index contributed by atoms with van der Waals surface area (Å²) < 4.78 is 16.5. The first-order valence-corrected chi connectivity index (χ1v) is 9.57. The quantitative estimate of drug-likeness (QED) is 0.736. The van der Waals surface area contributed by atoms with Gasteiger partial charge in [0.25, 0.3) is 0 Å². The van der Waals surface area contributed by atoms with Gasteiger partial charge >= 0.3 is 0 Å². The minimum Gasteiger partial charge on any atom is -0.459 e. The van der Waals surface area contributed by atoms with Gasteiger partial charge in [-0.1, -0.05) is 18.2 Å². The van der Waals surface area contributed by atoms with Crippen LogP contribution in [0.5, 0.6) is 11.5 Å². The van der Waals surface area contributed by atoms with Crippen molar-refractivity contribution >= 4 is 28.5 Å². The lowest BCUT2D eigenvalue weighted by Gasteiger charge is -2.18. The van der Waals surface area contributed by atoms with E-state index < -0.39 is 5.92 Å². The topological polar surface area (TPSA) is 81.0 Å². The number of hydrogen-bond acceptors (Lipinski definition) is 5. The summed E-state index contributed by atoms with van der Waals surface area (Å²) in [5.41, 5.74) is 1.49. The molecule has 2 amide bonds. The van der Waals surface area contributed by atoms with Crippen LogP contribution >= 0.6 is 0 Å². The van der Waals surface area contributed by atoms with E-state index >= 15 is 0 Å². The van der Waals surface area contributed by atoms with E-state index in [1.54, 1.807) is 17.0 Å². The summed E-state index contributed by atoms with van der Waals surface area (Å²) in [6.45, 7) is 2.39. The Balaban J connectivity index is 1.27. The molecule has 2 aromatic carbocycles.